The number of H-pyrrole nitrogens is 1. The van der Waals surface area contributed by atoms with Crippen molar-refractivity contribution in [1.82, 2.24) is 15.3 Å². The van der Waals surface area contributed by atoms with Gasteiger partial charge in [0, 0.05) is 6.04 Å². The molecule has 1 amide bonds. The molecule has 2 atom stereocenters. The topological polar surface area (TPSA) is 84.1 Å². The quantitative estimate of drug-likeness (QED) is 0.880. The molecule has 0 saturated heterocycles. The van der Waals surface area contributed by atoms with Crippen molar-refractivity contribution in [2.24, 2.45) is 5.92 Å². The summed E-state index contributed by atoms with van der Waals surface area (Å²) >= 11 is 0. The van der Waals surface area contributed by atoms with Gasteiger partial charge in [0.15, 0.2) is 0 Å². The molecule has 1 heterocycles. The molecule has 0 unspecified atom stereocenters. The van der Waals surface area contributed by atoms with Gasteiger partial charge in [-0.25, -0.2) is 4.98 Å². The monoisotopic (exact) mass is 329 g/mol. The van der Waals surface area contributed by atoms with Crippen LogP contribution in [-0.4, -0.2) is 28.5 Å². The maximum atomic E-state index is 12.0. The molecule has 0 spiro atoms. The van der Waals surface area contributed by atoms with Gasteiger partial charge >= 0.3 is 0 Å². The summed E-state index contributed by atoms with van der Waals surface area (Å²) in [5, 5.41) is 3.59. The zero-order valence-corrected chi connectivity index (χ0v) is 13.9. The van der Waals surface area contributed by atoms with Crippen molar-refractivity contribution in [2.45, 2.75) is 45.3 Å². The predicted molar refractivity (Wildman–Crippen MR) is 91.6 cm³/mol. The van der Waals surface area contributed by atoms with E-state index in [1.165, 1.54) is 12.8 Å². The molecule has 3 rings (SSSR count). The number of fused-ring (bicyclic) bond motifs is 1. The third kappa shape index (κ3) is 4.00. The van der Waals surface area contributed by atoms with E-state index in [4.69, 9.17) is 4.74 Å². The molecule has 0 bridgehead atoms. The third-order valence-corrected chi connectivity index (χ3v) is 4.59. The van der Waals surface area contributed by atoms with Gasteiger partial charge in [-0.05, 0) is 30.9 Å². The van der Waals surface area contributed by atoms with E-state index in [0.717, 1.165) is 12.8 Å². The standard InChI is InChI=1S/C18H23N3O3/c1-12-6-2-4-8-14(12)20-17(22)11-24-10-16-19-15-9-5-3-7-13(15)18(23)21-16/h3,5,7,9,12,14H,2,4,6,8,10-11H2,1H3,(H,20,22)(H,19,21,23)/t12-,14+/m0/s1. The van der Waals surface area contributed by atoms with Gasteiger partial charge in [0.25, 0.3) is 5.56 Å². The molecule has 1 aliphatic rings. The van der Waals surface area contributed by atoms with Crippen LogP contribution in [0.5, 0.6) is 0 Å². The maximum Gasteiger partial charge on any atom is 0.258 e. The zero-order valence-electron chi connectivity index (χ0n) is 13.9. The van der Waals surface area contributed by atoms with E-state index in [0.29, 0.717) is 22.6 Å². The highest BCUT2D eigenvalue weighted by Gasteiger charge is 2.22. The molecule has 6 heteroatoms. The summed E-state index contributed by atoms with van der Waals surface area (Å²) in [5.41, 5.74) is 0.431. The molecule has 1 fully saturated rings. The molecule has 0 aliphatic heterocycles. The number of carbonyl (C=O) groups is 1. The van der Waals surface area contributed by atoms with Gasteiger partial charge in [0.2, 0.25) is 5.91 Å². The number of para-hydroxylation sites is 1. The predicted octanol–water partition coefficient (Wildman–Crippen LogP) is 2.13. The number of aromatic amines is 1. The lowest BCUT2D eigenvalue weighted by Crippen LogP contribution is -2.42. The van der Waals surface area contributed by atoms with Crippen LogP contribution in [0.15, 0.2) is 29.1 Å². The van der Waals surface area contributed by atoms with Gasteiger partial charge in [0.05, 0.1) is 10.9 Å². The largest absolute Gasteiger partial charge is 0.364 e. The van der Waals surface area contributed by atoms with E-state index in [9.17, 15) is 9.59 Å². The molecule has 2 N–H and O–H groups in total. The van der Waals surface area contributed by atoms with E-state index in [-0.39, 0.29) is 30.7 Å². The van der Waals surface area contributed by atoms with Gasteiger partial charge in [-0.1, -0.05) is 31.9 Å². The number of nitrogens with one attached hydrogen (secondary N) is 2. The molecule has 1 aromatic carbocycles. The summed E-state index contributed by atoms with van der Waals surface area (Å²) in [6.07, 6.45) is 4.60. The van der Waals surface area contributed by atoms with Crippen LogP contribution in [0.1, 0.15) is 38.4 Å². The third-order valence-electron chi connectivity index (χ3n) is 4.59. The number of carbonyl (C=O) groups excluding carboxylic acids is 1. The molecular formula is C18H23N3O3. The molecule has 6 nitrogen and oxygen atoms in total. The van der Waals surface area contributed by atoms with E-state index >= 15 is 0 Å². The summed E-state index contributed by atoms with van der Waals surface area (Å²) in [7, 11) is 0. The lowest BCUT2D eigenvalue weighted by Gasteiger charge is -2.29. The first-order valence-electron chi connectivity index (χ1n) is 8.48. The number of hydrogen-bond donors (Lipinski definition) is 2. The maximum absolute atomic E-state index is 12.0. The minimum Gasteiger partial charge on any atom is -0.364 e. The molecule has 1 aliphatic carbocycles. The first kappa shape index (κ1) is 16.6. The molecule has 0 radical (unpaired) electrons. The molecular weight excluding hydrogens is 306 g/mol. The molecule has 2 aromatic rings. The van der Waals surface area contributed by atoms with Crippen molar-refractivity contribution in [2.75, 3.05) is 6.61 Å². The van der Waals surface area contributed by atoms with Crippen LogP contribution in [0, 0.1) is 5.92 Å². The van der Waals surface area contributed by atoms with Crippen LogP contribution in [0.25, 0.3) is 10.9 Å². The highest BCUT2D eigenvalue weighted by Crippen LogP contribution is 2.23. The number of aromatic nitrogens is 2. The summed E-state index contributed by atoms with van der Waals surface area (Å²) in [6, 6.07) is 7.38. The number of benzene rings is 1. The average molecular weight is 329 g/mol. The average Bonchev–Trinajstić information content (AvgIpc) is 2.57. The first-order chi connectivity index (χ1) is 11.6. The number of rotatable bonds is 5. The minimum atomic E-state index is -0.195. The molecule has 24 heavy (non-hydrogen) atoms. The molecule has 1 aromatic heterocycles. The van der Waals surface area contributed by atoms with Gasteiger partial charge in [0.1, 0.15) is 19.0 Å². The van der Waals surface area contributed by atoms with E-state index in [2.05, 4.69) is 22.2 Å². The van der Waals surface area contributed by atoms with Crippen molar-refractivity contribution in [3.05, 3.63) is 40.4 Å². The Hall–Kier alpha value is -2.21. The highest BCUT2D eigenvalue weighted by atomic mass is 16.5. The lowest BCUT2D eigenvalue weighted by molar-refractivity contribution is -0.127. The Morgan fingerprint density at radius 1 is 1.33 bits per heavy atom. The van der Waals surface area contributed by atoms with Crippen molar-refractivity contribution in [3.8, 4) is 0 Å². The van der Waals surface area contributed by atoms with Crippen molar-refractivity contribution < 1.29 is 9.53 Å². The summed E-state index contributed by atoms with van der Waals surface area (Å²) in [4.78, 5) is 31.0. The van der Waals surface area contributed by atoms with Crippen LogP contribution in [0.3, 0.4) is 0 Å². The van der Waals surface area contributed by atoms with Crippen molar-refractivity contribution >= 4 is 16.8 Å². The van der Waals surface area contributed by atoms with Crippen LogP contribution < -0.4 is 10.9 Å². The number of hydrogen-bond acceptors (Lipinski definition) is 4. The minimum absolute atomic E-state index is 0.0280. The zero-order chi connectivity index (χ0) is 16.9. The summed E-state index contributed by atoms with van der Waals surface area (Å²) in [5.74, 6) is 0.829. The molecule has 1 saturated carbocycles. The lowest BCUT2D eigenvalue weighted by atomic mass is 9.86. The van der Waals surface area contributed by atoms with Crippen LogP contribution >= 0.6 is 0 Å². The highest BCUT2D eigenvalue weighted by molar-refractivity contribution is 5.78. The van der Waals surface area contributed by atoms with Crippen molar-refractivity contribution in [1.29, 1.82) is 0 Å². The Labute approximate surface area is 140 Å². The van der Waals surface area contributed by atoms with Gasteiger partial charge < -0.3 is 15.0 Å². The fraction of sp³-hybridized carbons (Fsp3) is 0.500. The van der Waals surface area contributed by atoms with E-state index < -0.39 is 0 Å². The Balaban J connectivity index is 1.52. The van der Waals surface area contributed by atoms with E-state index in [1.54, 1.807) is 18.2 Å². The summed E-state index contributed by atoms with van der Waals surface area (Å²) in [6.45, 7) is 2.25. The normalized spacial score (nSPS) is 20.9. The van der Waals surface area contributed by atoms with Gasteiger partial charge in [-0.2, -0.15) is 0 Å². The van der Waals surface area contributed by atoms with Crippen LogP contribution in [0.2, 0.25) is 0 Å². The number of amides is 1. The van der Waals surface area contributed by atoms with Crippen LogP contribution in [0.4, 0.5) is 0 Å². The Kier molecular flexibility index (Phi) is 5.25. The van der Waals surface area contributed by atoms with Gasteiger partial charge in [-0.3, -0.25) is 9.59 Å². The molecule has 128 valence electrons. The fourth-order valence-electron chi connectivity index (χ4n) is 3.22. The fourth-order valence-corrected chi connectivity index (χ4v) is 3.22. The second-order valence-electron chi connectivity index (χ2n) is 6.46. The Morgan fingerprint density at radius 3 is 2.96 bits per heavy atom. The Morgan fingerprint density at radius 2 is 2.12 bits per heavy atom. The number of nitrogens with zero attached hydrogens (tertiary/aromatic N) is 1. The SMILES string of the molecule is C[C@H]1CCCC[C@H]1NC(=O)COCc1nc2ccccc2c(=O)[nH]1. The van der Waals surface area contributed by atoms with E-state index in [1.807, 2.05) is 6.07 Å². The second kappa shape index (κ2) is 7.57. The van der Waals surface area contributed by atoms with Crippen molar-refractivity contribution in [3.63, 3.8) is 0 Å². The Bertz CT molecular complexity index is 771. The smallest absolute Gasteiger partial charge is 0.258 e. The van der Waals surface area contributed by atoms with Gasteiger partial charge in [-0.15, -0.1) is 0 Å². The number of ether oxygens (including phenoxy) is 1. The second-order valence-corrected chi connectivity index (χ2v) is 6.46. The first-order valence-corrected chi connectivity index (χ1v) is 8.48. The van der Waals surface area contributed by atoms with Crippen LogP contribution in [-0.2, 0) is 16.1 Å². The summed E-state index contributed by atoms with van der Waals surface area (Å²) < 4.78 is 5.42.